The molecule has 0 aliphatic carbocycles. The highest BCUT2D eigenvalue weighted by Crippen LogP contribution is 2.29. The first-order valence-corrected chi connectivity index (χ1v) is 7.40. The Kier molecular flexibility index (Phi) is 6.65. The first-order valence-electron chi connectivity index (χ1n) is 7.02. The van der Waals surface area contributed by atoms with Crippen LogP contribution in [-0.4, -0.2) is 30.8 Å². The molecular weight excluding hydrogens is 320 g/mol. The lowest BCUT2D eigenvalue weighted by molar-refractivity contribution is -0.148. The molecule has 1 aromatic carbocycles. The van der Waals surface area contributed by atoms with Crippen LogP contribution in [0.3, 0.4) is 0 Å². The van der Waals surface area contributed by atoms with Gasteiger partial charge in [-0.2, -0.15) is 0 Å². The third kappa shape index (κ3) is 5.12. The van der Waals surface area contributed by atoms with Crippen LogP contribution < -0.4 is 10.2 Å². The summed E-state index contributed by atoms with van der Waals surface area (Å²) in [5.41, 5.74) is 3.17. The maximum Gasteiger partial charge on any atom is 0.344 e. The molecule has 0 bridgehead atoms. The number of nitrogens with one attached hydrogen (secondary N) is 1. The number of carbonyl (C=O) groups excluding carboxylic acids is 1. The van der Waals surface area contributed by atoms with Gasteiger partial charge in [0.25, 0.3) is 0 Å². The van der Waals surface area contributed by atoms with E-state index in [1.54, 1.807) is 36.7 Å². The molecule has 1 aromatic heterocycles. The average molecular weight is 337 g/mol. The van der Waals surface area contributed by atoms with Crippen LogP contribution in [0.1, 0.15) is 6.92 Å². The van der Waals surface area contributed by atoms with Gasteiger partial charge in [0.15, 0.2) is 6.61 Å². The largest absolute Gasteiger partial charge is 0.480 e. The van der Waals surface area contributed by atoms with Crippen LogP contribution in [0.15, 0.2) is 42.7 Å². The Morgan fingerprint density at radius 2 is 2.22 bits per heavy atom. The molecule has 0 aliphatic heterocycles. The van der Waals surface area contributed by atoms with Crippen LogP contribution in [0.25, 0.3) is 10.9 Å². The maximum absolute atomic E-state index is 11.6. The van der Waals surface area contributed by atoms with Crippen molar-refractivity contribution in [2.75, 3.05) is 19.8 Å². The molecule has 0 spiro atoms. The van der Waals surface area contributed by atoms with Crippen LogP contribution in [0, 0.1) is 0 Å². The Morgan fingerprint density at radius 3 is 3.04 bits per heavy atom. The summed E-state index contributed by atoms with van der Waals surface area (Å²) in [7, 11) is 0. The number of allylic oxidation sites excluding steroid dienone is 1. The lowest BCUT2D eigenvalue weighted by atomic mass is 10.2. The van der Waals surface area contributed by atoms with Gasteiger partial charge >= 0.3 is 5.97 Å². The third-order valence-electron chi connectivity index (χ3n) is 2.79. The number of fused-ring (bicyclic) bond motifs is 1. The highest BCUT2D eigenvalue weighted by molar-refractivity contribution is 6.35. The summed E-state index contributed by atoms with van der Waals surface area (Å²) in [5, 5.41) is 1.34. The van der Waals surface area contributed by atoms with Crippen molar-refractivity contribution in [2.24, 2.45) is 0 Å². The van der Waals surface area contributed by atoms with E-state index in [0.29, 0.717) is 16.3 Å². The molecule has 2 rings (SSSR count). The Hall–Kier alpha value is -2.31. The summed E-state index contributed by atoms with van der Waals surface area (Å²) in [4.78, 5) is 20.8. The molecule has 1 heterocycles. The summed E-state index contributed by atoms with van der Waals surface area (Å²) in [6.45, 7) is 2.01. The minimum Gasteiger partial charge on any atom is -0.480 e. The Morgan fingerprint density at radius 1 is 1.35 bits per heavy atom. The van der Waals surface area contributed by atoms with Gasteiger partial charge in [-0.15, -0.1) is 0 Å². The third-order valence-corrected chi connectivity index (χ3v) is 3.12. The SMILES string of the molecule is CC=CNOCCOC(=O)COc1ccc(Cl)c2cccnc12. The molecule has 0 radical (unpaired) electrons. The molecule has 0 aliphatic rings. The Balaban J connectivity index is 1.82. The molecule has 0 fully saturated rings. The van der Waals surface area contributed by atoms with E-state index in [4.69, 9.17) is 25.9 Å². The van der Waals surface area contributed by atoms with Gasteiger partial charge in [0.05, 0.1) is 5.02 Å². The van der Waals surface area contributed by atoms with Crippen molar-refractivity contribution < 1.29 is 19.1 Å². The number of esters is 1. The zero-order valence-corrected chi connectivity index (χ0v) is 13.4. The van der Waals surface area contributed by atoms with Crippen LogP contribution in [0.5, 0.6) is 5.75 Å². The number of pyridine rings is 1. The molecular formula is C16H17ClN2O4. The van der Waals surface area contributed by atoms with Crippen LogP contribution >= 0.6 is 11.6 Å². The number of ether oxygens (including phenoxy) is 2. The quantitative estimate of drug-likeness (QED) is 0.454. The van der Waals surface area contributed by atoms with Crippen LogP contribution in [0.2, 0.25) is 5.02 Å². The van der Waals surface area contributed by atoms with Gasteiger partial charge in [0.1, 0.15) is 24.5 Å². The van der Waals surface area contributed by atoms with E-state index < -0.39 is 5.97 Å². The standard InChI is InChI=1S/C16H17ClN2O4/c1-2-7-19-23-10-9-21-15(20)11-22-14-6-5-13(17)12-4-3-8-18-16(12)14/h2-8,19H,9-11H2,1H3. The van der Waals surface area contributed by atoms with Gasteiger partial charge < -0.3 is 9.47 Å². The van der Waals surface area contributed by atoms with Crippen molar-refractivity contribution in [1.82, 2.24) is 10.5 Å². The molecule has 122 valence electrons. The Labute approximate surface area is 139 Å². The van der Waals surface area contributed by atoms with E-state index in [-0.39, 0.29) is 19.8 Å². The maximum atomic E-state index is 11.6. The van der Waals surface area contributed by atoms with Gasteiger partial charge in [-0.1, -0.05) is 17.7 Å². The van der Waals surface area contributed by atoms with Crippen molar-refractivity contribution >= 4 is 28.5 Å². The van der Waals surface area contributed by atoms with Gasteiger partial charge in [-0.3, -0.25) is 15.3 Å². The normalized spacial score (nSPS) is 10.9. The molecule has 0 atom stereocenters. The lowest BCUT2D eigenvalue weighted by Gasteiger charge is -2.09. The van der Waals surface area contributed by atoms with Gasteiger partial charge in [0, 0.05) is 17.8 Å². The minimum atomic E-state index is -0.487. The van der Waals surface area contributed by atoms with Crippen LogP contribution in [-0.2, 0) is 14.4 Å². The second-order valence-corrected chi connectivity index (χ2v) is 4.83. The fourth-order valence-electron chi connectivity index (χ4n) is 1.78. The predicted molar refractivity (Wildman–Crippen MR) is 87.1 cm³/mol. The number of halogens is 1. The highest BCUT2D eigenvalue weighted by Gasteiger charge is 2.09. The first kappa shape index (κ1) is 17.1. The molecule has 23 heavy (non-hydrogen) atoms. The van der Waals surface area contributed by atoms with Gasteiger partial charge in [0.2, 0.25) is 0 Å². The van der Waals surface area contributed by atoms with Crippen molar-refractivity contribution in [1.29, 1.82) is 0 Å². The predicted octanol–water partition coefficient (Wildman–Crippen LogP) is 2.87. The lowest BCUT2D eigenvalue weighted by Crippen LogP contribution is -2.19. The summed E-state index contributed by atoms with van der Waals surface area (Å²) in [5.74, 6) is -0.00776. The first-order chi connectivity index (χ1) is 11.2. The van der Waals surface area contributed by atoms with Crippen molar-refractivity contribution in [3.63, 3.8) is 0 Å². The van der Waals surface area contributed by atoms with Crippen molar-refractivity contribution in [2.45, 2.75) is 6.92 Å². The van der Waals surface area contributed by atoms with E-state index in [1.807, 2.05) is 13.0 Å². The molecule has 2 aromatic rings. The number of nitrogens with zero attached hydrogens (tertiary/aromatic N) is 1. The van der Waals surface area contributed by atoms with Crippen LogP contribution in [0.4, 0.5) is 0 Å². The second kappa shape index (κ2) is 8.97. The van der Waals surface area contributed by atoms with Gasteiger partial charge in [-0.25, -0.2) is 4.79 Å². The molecule has 0 saturated heterocycles. The van der Waals surface area contributed by atoms with E-state index in [0.717, 1.165) is 5.39 Å². The number of aromatic nitrogens is 1. The fourth-order valence-corrected chi connectivity index (χ4v) is 1.99. The van der Waals surface area contributed by atoms with E-state index >= 15 is 0 Å². The molecule has 1 N–H and O–H groups in total. The fraction of sp³-hybridized carbons (Fsp3) is 0.250. The molecule has 0 unspecified atom stereocenters. The summed E-state index contributed by atoms with van der Waals surface area (Å²) < 4.78 is 10.4. The van der Waals surface area contributed by atoms with E-state index in [9.17, 15) is 4.79 Å². The highest BCUT2D eigenvalue weighted by atomic mass is 35.5. The average Bonchev–Trinajstić information content (AvgIpc) is 2.58. The zero-order chi connectivity index (χ0) is 16.5. The number of carbonyl (C=O) groups is 1. The van der Waals surface area contributed by atoms with E-state index in [2.05, 4.69) is 10.5 Å². The summed E-state index contributed by atoms with van der Waals surface area (Å²) >= 11 is 6.10. The number of hydrogen-bond donors (Lipinski definition) is 1. The van der Waals surface area contributed by atoms with Crippen molar-refractivity contribution in [3.05, 3.63) is 47.8 Å². The summed E-state index contributed by atoms with van der Waals surface area (Å²) in [6.07, 6.45) is 5.05. The monoisotopic (exact) mass is 336 g/mol. The van der Waals surface area contributed by atoms with E-state index in [1.165, 1.54) is 0 Å². The molecule has 6 nitrogen and oxygen atoms in total. The van der Waals surface area contributed by atoms with Crippen molar-refractivity contribution in [3.8, 4) is 5.75 Å². The van der Waals surface area contributed by atoms with Gasteiger partial charge in [-0.05, 0) is 31.2 Å². The zero-order valence-electron chi connectivity index (χ0n) is 12.6. The molecule has 0 saturated carbocycles. The number of rotatable bonds is 8. The number of hydroxylamine groups is 1. The Bertz CT molecular complexity index is 691. The second-order valence-electron chi connectivity index (χ2n) is 4.42. The molecule has 7 heteroatoms. The number of hydrogen-bond acceptors (Lipinski definition) is 6. The molecule has 0 amide bonds. The smallest absolute Gasteiger partial charge is 0.344 e. The summed E-state index contributed by atoms with van der Waals surface area (Å²) in [6, 6.07) is 7.00. The number of benzene rings is 1. The topological polar surface area (TPSA) is 69.7 Å². The minimum absolute atomic E-state index is 0.131.